The summed E-state index contributed by atoms with van der Waals surface area (Å²) in [5.41, 5.74) is 5.02. The van der Waals surface area contributed by atoms with Crippen molar-refractivity contribution in [3.8, 4) is 0 Å². The van der Waals surface area contributed by atoms with Crippen molar-refractivity contribution in [3.63, 3.8) is 0 Å². The number of hydrogen-bond donors (Lipinski definition) is 0. The maximum atomic E-state index is 12.4. The number of hydrogen-bond acceptors (Lipinski definition) is 2. The van der Waals surface area contributed by atoms with Crippen LogP contribution in [0.5, 0.6) is 0 Å². The Morgan fingerprint density at radius 1 is 1.26 bits per heavy atom. The lowest BCUT2D eigenvalue weighted by atomic mass is 9.93. The molecule has 0 spiro atoms. The number of benzene rings is 1. The summed E-state index contributed by atoms with van der Waals surface area (Å²) in [7, 11) is 2.18. The van der Waals surface area contributed by atoms with Crippen molar-refractivity contribution in [1.29, 1.82) is 0 Å². The molecule has 0 amide bonds. The Morgan fingerprint density at radius 3 is 2.95 bits per heavy atom. The number of likely N-dealkylation sites (N-methyl/N-ethyl adjacent to an activating group) is 1. The van der Waals surface area contributed by atoms with Crippen LogP contribution >= 0.6 is 0 Å². The van der Waals surface area contributed by atoms with E-state index in [2.05, 4.69) is 37.1 Å². The number of carbonyl (C=O) groups excluding carboxylic acids is 1. The van der Waals surface area contributed by atoms with Gasteiger partial charge in [-0.3, -0.25) is 14.3 Å². The molecule has 2 aliphatic rings. The monoisotopic (exact) mass is 254 g/mol. The maximum Gasteiger partial charge on any atom is 0.231 e. The predicted octanol–water partition coefficient (Wildman–Crippen LogP) is 2.91. The molecule has 98 valence electrons. The largest absolute Gasteiger partial charge is 0.298 e. The number of rotatable bonds is 0. The molecule has 3 heteroatoms. The Kier molecular flexibility index (Phi) is 2.19. The summed E-state index contributed by atoms with van der Waals surface area (Å²) in [5.74, 6) is 0.267. The molecular weight excluding hydrogens is 236 g/mol. The van der Waals surface area contributed by atoms with Gasteiger partial charge in [0.05, 0.1) is 11.6 Å². The van der Waals surface area contributed by atoms with Gasteiger partial charge in [0, 0.05) is 24.0 Å². The zero-order valence-electron chi connectivity index (χ0n) is 11.4. The fraction of sp³-hybridized carbons (Fsp3) is 0.438. The first-order valence-corrected chi connectivity index (χ1v) is 7.04. The smallest absolute Gasteiger partial charge is 0.231 e. The molecule has 0 radical (unpaired) electrons. The fourth-order valence-electron chi connectivity index (χ4n) is 3.75. The van der Waals surface area contributed by atoms with Crippen molar-refractivity contribution in [1.82, 2.24) is 9.47 Å². The molecular formula is C16H18N2O. The van der Waals surface area contributed by atoms with Gasteiger partial charge in [-0.15, -0.1) is 0 Å². The summed E-state index contributed by atoms with van der Waals surface area (Å²) in [5, 5.41) is 1.29. The molecule has 0 N–H and O–H groups in total. The van der Waals surface area contributed by atoms with E-state index in [0.29, 0.717) is 12.5 Å². The van der Waals surface area contributed by atoms with Crippen LogP contribution in [0, 0.1) is 6.92 Å². The van der Waals surface area contributed by atoms with E-state index in [1.807, 2.05) is 4.57 Å². The van der Waals surface area contributed by atoms with E-state index in [-0.39, 0.29) is 5.91 Å². The summed E-state index contributed by atoms with van der Waals surface area (Å²) in [4.78, 5) is 14.8. The van der Waals surface area contributed by atoms with Gasteiger partial charge in [-0.05, 0) is 44.0 Å². The van der Waals surface area contributed by atoms with E-state index < -0.39 is 0 Å². The van der Waals surface area contributed by atoms with E-state index in [1.165, 1.54) is 22.2 Å². The van der Waals surface area contributed by atoms with Crippen molar-refractivity contribution in [3.05, 3.63) is 35.0 Å². The van der Waals surface area contributed by atoms with Gasteiger partial charge in [0.15, 0.2) is 0 Å². The van der Waals surface area contributed by atoms with Crippen molar-refractivity contribution >= 4 is 16.8 Å². The van der Waals surface area contributed by atoms with Gasteiger partial charge in [0.25, 0.3) is 0 Å². The van der Waals surface area contributed by atoms with Gasteiger partial charge < -0.3 is 0 Å². The molecule has 0 bridgehead atoms. The first-order valence-electron chi connectivity index (χ1n) is 7.04. The number of aromatic nitrogens is 1. The van der Waals surface area contributed by atoms with Gasteiger partial charge in [-0.1, -0.05) is 12.1 Å². The first-order chi connectivity index (χ1) is 9.16. The fourth-order valence-corrected chi connectivity index (χ4v) is 3.75. The van der Waals surface area contributed by atoms with Crippen molar-refractivity contribution in [2.24, 2.45) is 0 Å². The quantitative estimate of drug-likeness (QED) is 0.722. The van der Waals surface area contributed by atoms with E-state index in [0.717, 1.165) is 24.9 Å². The van der Waals surface area contributed by atoms with Crippen LogP contribution in [0.4, 0.5) is 0 Å². The highest BCUT2D eigenvalue weighted by molar-refractivity contribution is 5.97. The van der Waals surface area contributed by atoms with Crippen molar-refractivity contribution in [2.45, 2.75) is 32.2 Å². The molecule has 1 aromatic carbocycles. The summed E-state index contributed by atoms with van der Waals surface area (Å²) in [6, 6.07) is 6.94. The Morgan fingerprint density at radius 2 is 2.11 bits per heavy atom. The van der Waals surface area contributed by atoms with Crippen LogP contribution in [0.25, 0.3) is 10.9 Å². The van der Waals surface area contributed by atoms with Gasteiger partial charge >= 0.3 is 0 Å². The van der Waals surface area contributed by atoms with E-state index in [1.54, 1.807) is 0 Å². The van der Waals surface area contributed by atoms with Crippen LogP contribution in [0.3, 0.4) is 0 Å². The van der Waals surface area contributed by atoms with Crippen LogP contribution in [-0.2, 0) is 6.42 Å². The topological polar surface area (TPSA) is 25.2 Å². The molecule has 19 heavy (non-hydrogen) atoms. The van der Waals surface area contributed by atoms with Gasteiger partial charge in [0.2, 0.25) is 5.91 Å². The minimum atomic E-state index is 0.267. The Balaban J connectivity index is 2.13. The minimum Gasteiger partial charge on any atom is -0.298 e. The molecule has 3 nitrogen and oxygen atoms in total. The second-order valence-corrected chi connectivity index (χ2v) is 5.90. The molecule has 3 heterocycles. The molecule has 4 rings (SSSR count). The molecule has 2 aliphatic heterocycles. The zero-order valence-corrected chi connectivity index (χ0v) is 11.4. The Bertz CT molecular complexity index is 698. The maximum absolute atomic E-state index is 12.4. The summed E-state index contributed by atoms with van der Waals surface area (Å²) < 4.78 is 2.00. The predicted molar refractivity (Wildman–Crippen MR) is 75.6 cm³/mol. The third-order valence-electron chi connectivity index (χ3n) is 4.71. The molecule has 0 saturated heterocycles. The van der Waals surface area contributed by atoms with Crippen molar-refractivity contribution < 1.29 is 4.79 Å². The lowest BCUT2D eigenvalue weighted by Gasteiger charge is -2.36. The molecule has 0 fully saturated rings. The van der Waals surface area contributed by atoms with Crippen molar-refractivity contribution in [2.75, 3.05) is 13.6 Å². The Labute approximate surface area is 112 Å². The van der Waals surface area contributed by atoms with E-state index >= 15 is 0 Å². The molecule has 1 unspecified atom stereocenters. The molecule has 2 aromatic rings. The van der Waals surface area contributed by atoms with Crippen LogP contribution in [0.1, 0.15) is 40.5 Å². The minimum absolute atomic E-state index is 0.267. The second kappa shape index (κ2) is 3.70. The number of aryl methyl sites for hydroxylation is 1. The number of fused-ring (bicyclic) bond motifs is 3. The second-order valence-electron chi connectivity index (χ2n) is 5.90. The number of carbonyl (C=O) groups is 1. The highest BCUT2D eigenvalue weighted by Crippen LogP contribution is 2.41. The van der Waals surface area contributed by atoms with E-state index in [4.69, 9.17) is 0 Å². The normalized spacial score (nSPS) is 22.8. The lowest BCUT2D eigenvalue weighted by molar-refractivity contribution is 0.0833. The highest BCUT2D eigenvalue weighted by Gasteiger charge is 2.36. The standard InChI is InChI=1S/C16H18N2O/c1-10-3-4-11-12-7-8-17(2)13-5-6-15(19)18(16(12)13)14(11)9-10/h3-4,9,13H,5-8H2,1-2H3. The average Bonchev–Trinajstić information content (AvgIpc) is 2.71. The zero-order chi connectivity index (χ0) is 13.1. The summed E-state index contributed by atoms with van der Waals surface area (Å²) >= 11 is 0. The average molecular weight is 254 g/mol. The van der Waals surface area contributed by atoms with Crippen LogP contribution in [-0.4, -0.2) is 29.0 Å². The van der Waals surface area contributed by atoms with Crippen LogP contribution in [0.2, 0.25) is 0 Å². The van der Waals surface area contributed by atoms with Gasteiger partial charge in [-0.25, -0.2) is 0 Å². The third kappa shape index (κ3) is 1.39. The van der Waals surface area contributed by atoms with Gasteiger partial charge in [0.1, 0.15) is 0 Å². The first kappa shape index (κ1) is 11.2. The summed E-state index contributed by atoms with van der Waals surface area (Å²) in [6.45, 7) is 3.19. The third-order valence-corrected chi connectivity index (χ3v) is 4.71. The molecule has 1 atom stereocenters. The number of nitrogens with zero attached hydrogens (tertiary/aromatic N) is 2. The molecule has 0 saturated carbocycles. The Hall–Kier alpha value is -1.61. The molecule has 1 aromatic heterocycles. The molecule has 0 aliphatic carbocycles. The van der Waals surface area contributed by atoms with Gasteiger partial charge in [-0.2, -0.15) is 0 Å². The highest BCUT2D eigenvalue weighted by atomic mass is 16.2. The van der Waals surface area contributed by atoms with E-state index in [9.17, 15) is 4.79 Å². The lowest BCUT2D eigenvalue weighted by Crippen LogP contribution is -2.37. The summed E-state index contributed by atoms with van der Waals surface area (Å²) in [6.07, 6.45) is 2.69. The SMILES string of the molecule is Cc1ccc2c3c4n(c2c1)C(=O)CCC4N(C)CC3. The van der Waals surface area contributed by atoms with Crippen LogP contribution in [0.15, 0.2) is 18.2 Å². The van der Waals surface area contributed by atoms with Crippen LogP contribution < -0.4 is 0 Å².